The van der Waals surface area contributed by atoms with Crippen LogP contribution in [0.2, 0.25) is 5.02 Å². The molecule has 2 heterocycles. The third kappa shape index (κ3) is 6.99. The molecule has 1 aliphatic rings. The van der Waals surface area contributed by atoms with Gasteiger partial charge in [0.2, 0.25) is 0 Å². The second kappa shape index (κ2) is 13.5. The lowest BCUT2D eigenvalue weighted by molar-refractivity contribution is -0.687. The summed E-state index contributed by atoms with van der Waals surface area (Å²) >= 11 is 6.62. The van der Waals surface area contributed by atoms with Gasteiger partial charge >= 0.3 is 0 Å². The van der Waals surface area contributed by atoms with Gasteiger partial charge in [-0.2, -0.15) is 0 Å². The molecule has 1 aromatic carbocycles. The van der Waals surface area contributed by atoms with Crippen LogP contribution in [0.3, 0.4) is 0 Å². The first-order valence-corrected chi connectivity index (χ1v) is 12.5. The van der Waals surface area contributed by atoms with Gasteiger partial charge in [-0.1, -0.05) is 18.2 Å². The fraction of sp³-hybridized carbons (Fsp3) is 0.538. The Morgan fingerprint density at radius 2 is 2.09 bits per heavy atom. The first kappa shape index (κ1) is 27.0. The number of hydrogen-bond donors (Lipinski definition) is 1. The molecule has 1 aromatic heterocycles. The summed E-state index contributed by atoms with van der Waals surface area (Å²) in [6, 6.07) is 4.04. The Kier molecular flexibility index (Phi) is 10.4. The number of benzene rings is 1. The van der Waals surface area contributed by atoms with Crippen molar-refractivity contribution >= 4 is 28.8 Å². The number of hydrogen-bond acceptors (Lipinski definition) is 6. The molecule has 0 radical (unpaired) electrons. The van der Waals surface area contributed by atoms with E-state index < -0.39 is 0 Å². The maximum Gasteiger partial charge on any atom is 0.271 e. The smallest absolute Gasteiger partial charge is 0.271 e. The van der Waals surface area contributed by atoms with E-state index in [1.165, 1.54) is 0 Å². The molecule has 0 atom stereocenters. The first-order valence-electron chi connectivity index (χ1n) is 12.2. The van der Waals surface area contributed by atoms with Gasteiger partial charge in [0, 0.05) is 50.3 Å². The molecule has 2 N–H and O–H groups in total. The van der Waals surface area contributed by atoms with Gasteiger partial charge in [-0.25, -0.2) is 9.13 Å². The number of nitrogens with two attached hydrogens (primary N) is 1. The Hall–Kier alpha value is -2.55. The molecule has 0 aliphatic carbocycles. The van der Waals surface area contributed by atoms with Crippen molar-refractivity contribution < 1.29 is 23.5 Å². The van der Waals surface area contributed by atoms with Gasteiger partial charge in [0.05, 0.1) is 51.7 Å². The van der Waals surface area contributed by atoms with Crippen LogP contribution in [0.5, 0.6) is 5.75 Å². The lowest BCUT2D eigenvalue weighted by atomic mass is 10.0. The van der Waals surface area contributed by atoms with E-state index in [0.29, 0.717) is 47.9 Å². The van der Waals surface area contributed by atoms with E-state index in [0.717, 1.165) is 62.4 Å². The van der Waals surface area contributed by atoms with Crippen molar-refractivity contribution in [2.45, 2.75) is 45.8 Å². The zero-order chi connectivity index (χ0) is 25.2. The maximum atomic E-state index is 6.62. The predicted octanol–water partition coefficient (Wildman–Crippen LogP) is 4.02. The van der Waals surface area contributed by atoms with E-state index in [1.54, 1.807) is 26.5 Å². The summed E-state index contributed by atoms with van der Waals surface area (Å²) in [4.78, 5) is 4.39. The zero-order valence-corrected chi connectivity index (χ0v) is 21.9. The topological polar surface area (TPSA) is 84.1 Å². The highest BCUT2D eigenvalue weighted by Crippen LogP contribution is 2.31. The molecule has 0 spiro atoms. The van der Waals surface area contributed by atoms with Crippen LogP contribution in [-0.2, 0) is 33.8 Å². The van der Waals surface area contributed by atoms with Crippen LogP contribution in [0.25, 0.3) is 11.0 Å². The van der Waals surface area contributed by atoms with Crippen molar-refractivity contribution in [3.63, 3.8) is 0 Å². The highest BCUT2D eigenvalue weighted by molar-refractivity contribution is 6.32. The maximum absolute atomic E-state index is 6.62. The molecule has 1 fully saturated rings. The van der Waals surface area contributed by atoms with E-state index in [9.17, 15) is 0 Å². The number of methoxy groups -OCH3 is 2. The average molecular weight is 506 g/mol. The molecule has 9 heteroatoms. The van der Waals surface area contributed by atoms with Crippen LogP contribution < -0.4 is 15.0 Å². The Labute approximate surface area is 213 Å². The summed E-state index contributed by atoms with van der Waals surface area (Å²) in [7, 11) is 3.14. The van der Waals surface area contributed by atoms with E-state index in [-0.39, 0.29) is 0 Å². The molecular formula is C26H38ClN4O4+. The Balaban J connectivity index is 1.71. The van der Waals surface area contributed by atoms with Crippen LogP contribution in [0.1, 0.15) is 32.0 Å². The Morgan fingerprint density at radius 3 is 2.74 bits per heavy atom. The minimum Gasteiger partial charge on any atom is -0.497 e. The SMILES string of the molecule is C=C(/C=C(\C=NCCCOc1cc2c(cc1Cl)n(CC)c(CN)[n+]2CC1CCOCC1)OC)OC. The minimum atomic E-state index is 0.465. The normalized spacial score (nSPS) is 15.2. The van der Waals surface area contributed by atoms with E-state index >= 15 is 0 Å². The van der Waals surface area contributed by atoms with Crippen molar-refractivity contribution in [1.82, 2.24) is 4.57 Å². The minimum absolute atomic E-state index is 0.465. The largest absolute Gasteiger partial charge is 0.497 e. The van der Waals surface area contributed by atoms with Crippen LogP contribution in [-0.4, -0.2) is 51.4 Å². The van der Waals surface area contributed by atoms with Crippen LogP contribution in [0.15, 0.2) is 41.3 Å². The van der Waals surface area contributed by atoms with Gasteiger partial charge in [0.25, 0.3) is 5.82 Å². The van der Waals surface area contributed by atoms with Crippen molar-refractivity contribution in [3.05, 3.63) is 47.2 Å². The van der Waals surface area contributed by atoms with Gasteiger partial charge < -0.3 is 24.7 Å². The number of aryl methyl sites for hydroxylation is 1. The summed E-state index contributed by atoms with van der Waals surface area (Å²) in [6.45, 7) is 10.8. The average Bonchev–Trinajstić information content (AvgIpc) is 3.16. The fourth-order valence-corrected chi connectivity index (χ4v) is 4.53. The molecule has 0 bridgehead atoms. The lowest BCUT2D eigenvalue weighted by Crippen LogP contribution is -2.43. The molecule has 8 nitrogen and oxygen atoms in total. The molecule has 35 heavy (non-hydrogen) atoms. The van der Waals surface area contributed by atoms with Crippen molar-refractivity contribution in [2.24, 2.45) is 16.6 Å². The second-order valence-electron chi connectivity index (χ2n) is 8.46. The number of allylic oxidation sites excluding steroid dienone is 2. The molecule has 0 saturated carbocycles. The highest BCUT2D eigenvalue weighted by atomic mass is 35.5. The predicted molar refractivity (Wildman–Crippen MR) is 139 cm³/mol. The number of nitrogens with zero attached hydrogens (tertiary/aromatic N) is 3. The van der Waals surface area contributed by atoms with Crippen LogP contribution in [0.4, 0.5) is 0 Å². The molecule has 2 aromatic rings. The van der Waals surface area contributed by atoms with Crippen molar-refractivity contribution in [1.29, 1.82) is 0 Å². The van der Waals surface area contributed by atoms with Crippen molar-refractivity contribution in [2.75, 3.05) is 40.6 Å². The number of ether oxygens (including phenoxy) is 4. The third-order valence-electron chi connectivity index (χ3n) is 6.22. The van der Waals surface area contributed by atoms with Crippen LogP contribution in [0, 0.1) is 5.92 Å². The number of aliphatic imine (C=N–C) groups is 1. The van der Waals surface area contributed by atoms with E-state index in [1.807, 2.05) is 12.1 Å². The lowest BCUT2D eigenvalue weighted by Gasteiger charge is -2.21. The number of imidazole rings is 1. The molecular weight excluding hydrogens is 468 g/mol. The Bertz CT molecular complexity index is 1060. The second-order valence-corrected chi connectivity index (χ2v) is 8.87. The van der Waals surface area contributed by atoms with Gasteiger partial charge in [0.1, 0.15) is 17.3 Å². The van der Waals surface area contributed by atoms with Crippen LogP contribution >= 0.6 is 11.6 Å². The molecule has 0 unspecified atom stereocenters. The number of aromatic nitrogens is 2. The molecule has 1 saturated heterocycles. The van der Waals surface area contributed by atoms with Gasteiger partial charge in [-0.15, -0.1) is 0 Å². The highest BCUT2D eigenvalue weighted by Gasteiger charge is 2.27. The third-order valence-corrected chi connectivity index (χ3v) is 6.52. The van der Waals surface area contributed by atoms with Gasteiger partial charge in [0.15, 0.2) is 11.0 Å². The number of rotatable bonds is 13. The summed E-state index contributed by atoms with van der Waals surface area (Å²) in [5.41, 5.74) is 8.38. The number of halogens is 1. The molecule has 192 valence electrons. The summed E-state index contributed by atoms with van der Waals surface area (Å²) in [5, 5.41) is 0.595. The van der Waals surface area contributed by atoms with Crippen molar-refractivity contribution in [3.8, 4) is 5.75 Å². The van der Waals surface area contributed by atoms with E-state index in [2.05, 4.69) is 27.6 Å². The zero-order valence-electron chi connectivity index (χ0n) is 21.1. The fourth-order valence-electron chi connectivity index (χ4n) is 4.32. The quantitative estimate of drug-likeness (QED) is 0.146. The first-order chi connectivity index (χ1) is 17.0. The molecule has 3 rings (SSSR count). The van der Waals surface area contributed by atoms with Gasteiger partial charge in [-0.05, 0) is 19.8 Å². The van der Waals surface area contributed by atoms with E-state index in [4.69, 9.17) is 36.3 Å². The number of fused-ring (bicyclic) bond motifs is 1. The molecule has 1 aliphatic heterocycles. The Morgan fingerprint density at radius 1 is 1.31 bits per heavy atom. The monoisotopic (exact) mass is 505 g/mol. The molecule has 0 amide bonds. The van der Waals surface area contributed by atoms with Gasteiger partial charge in [-0.3, -0.25) is 4.99 Å². The summed E-state index contributed by atoms with van der Waals surface area (Å²) in [6.07, 6.45) is 6.20. The summed E-state index contributed by atoms with van der Waals surface area (Å²) < 4.78 is 26.5. The standard InChI is InChI=1S/C26H38ClN4O4/c1-5-30-23-14-22(27)25(35-10-6-9-29-17-21(33-4)13-19(2)32-3)15-24(23)31(26(30)16-28)18-20-7-11-34-12-8-20/h13-15,17,20H,2,5-12,16,18,28H2,1,3-4H3/q+1/b21-13+,29-17?. The summed E-state index contributed by atoms with van der Waals surface area (Å²) in [5.74, 6) is 3.44.